The summed E-state index contributed by atoms with van der Waals surface area (Å²) in [4.78, 5) is 26.9. The predicted molar refractivity (Wildman–Crippen MR) is 187 cm³/mol. The van der Waals surface area contributed by atoms with Gasteiger partial charge in [-0.25, -0.2) is 9.59 Å². The highest BCUT2D eigenvalue weighted by Gasteiger charge is 2.76. The standard InChI is InChI=1S/C41H64O7/c1-13-23(3)34(45)47-32-33(48-35(46)24(4)14-2)41(22-42)27(21-36(32,6)7)26-15-16-29-38(10)19-17-25(5)37(8,9)28(38)18-20-39(29,11)40(26,12)30(43)31(41)44/h13-15,25,27-33,42-44H,16-22H2,1-12H3/b23-13-,24-14-/t25-,27?,28?,29?,30-,31+,32-,33+,38-,39+,40-,41-/m0/s1. The van der Waals surface area contributed by atoms with Crippen LogP contribution in [0.5, 0.6) is 0 Å². The van der Waals surface area contributed by atoms with Gasteiger partial charge in [0.2, 0.25) is 0 Å². The summed E-state index contributed by atoms with van der Waals surface area (Å²) in [7, 11) is 0. The van der Waals surface area contributed by atoms with Gasteiger partial charge in [0.05, 0.1) is 24.2 Å². The van der Waals surface area contributed by atoms with E-state index in [1.165, 1.54) is 6.42 Å². The molecule has 3 N–H and O–H groups in total. The van der Waals surface area contributed by atoms with Crippen molar-refractivity contribution in [3.05, 3.63) is 34.9 Å². The van der Waals surface area contributed by atoms with Gasteiger partial charge in [-0.2, -0.15) is 0 Å². The fourth-order valence-electron chi connectivity index (χ4n) is 12.1. The van der Waals surface area contributed by atoms with Crippen LogP contribution in [0.3, 0.4) is 0 Å². The molecule has 12 atom stereocenters. The van der Waals surface area contributed by atoms with Gasteiger partial charge in [0.25, 0.3) is 0 Å². The van der Waals surface area contributed by atoms with E-state index in [0.29, 0.717) is 35.3 Å². The molecule has 0 aromatic heterocycles. The monoisotopic (exact) mass is 668 g/mol. The summed E-state index contributed by atoms with van der Waals surface area (Å²) >= 11 is 0. The number of ether oxygens (including phenoxy) is 2. The lowest BCUT2D eigenvalue weighted by Crippen LogP contribution is -2.76. The Bertz CT molecular complexity index is 1400. The van der Waals surface area contributed by atoms with E-state index in [0.717, 1.165) is 31.3 Å². The van der Waals surface area contributed by atoms with Gasteiger partial charge in [0, 0.05) is 22.0 Å². The molecule has 3 unspecified atom stereocenters. The summed E-state index contributed by atoms with van der Waals surface area (Å²) in [6.45, 7) is 24.6. The Morgan fingerprint density at radius 3 is 1.96 bits per heavy atom. The molecule has 5 aliphatic rings. The highest BCUT2D eigenvalue weighted by atomic mass is 16.6. The molecule has 4 saturated carbocycles. The van der Waals surface area contributed by atoms with Gasteiger partial charge in [0.15, 0.2) is 6.10 Å². The smallest absolute Gasteiger partial charge is 0.333 e. The highest BCUT2D eigenvalue weighted by molar-refractivity contribution is 5.88. The molecule has 0 aliphatic heterocycles. The Labute approximate surface area is 289 Å². The quantitative estimate of drug-likeness (QED) is 0.160. The molecule has 5 aliphatic carbocycles. The Kier molecular flexibility index (Phi) is 9.39. The van der Waals surface area contributed by atoms with E-state index in [9.17, 15) is 24.9 Å². The molecule has 7 nitrogen and oxygen atoms in total. The van der Waals surface area contributed by atoms with Crippen LogP contribution in [-0.2, 0) is 19.1 Å². The van der Waals surface area contributed by atoms with E-state index >= 15 is 0 Å². The van der Waals surface area contributed by atoms with E-state index in [-0.39, 0.29) is 16.2 Å². The first kappa shape index (κ1) is 37.3. The van der Waals surface area contributed by atoms with Crippen molar-refractivity contribution in [3.8, 4) is 0 Å². The van der Waals surface area contributed by atoms with Gasteiger partial charge in [-0.3, -0.25) is 0 Å². The maximum absolute atomic E-state index is 13.5. The molecule has 5 rings (SSSR count). The van der Waals surface area contributed by atoms with Crippen LogP contribution in [0.4, 0.5) is 0 Å². The number of fused-ring (bicyclic) bond motifs is 7. The zero-order valence-electron chi connectivity index (χ0n) is 31.8. The van der Waals surface area contributed by atoms with Gasteiger partial charge in [-0.15, -0.1) is 0 Å². The second-order valence-electron chi connectivity index (χ2n) is 18.4. The van der Waals surface area contributed by atoms with Gasteiger partial charge in [0.1, 0.15) is 6.10 Å². The largest absolute Gasteiger partial charge is 0.454 e. The second-order valence-corrected chi connectivity index (χ2v) is 18.4. The van der Waals surface area contributed by atoms with Crippen molar-refractivity contribution in [2.45, 2.75) is 146 Å². The molecule has 0 saturated heterocycles. The third kappa shape index (κ3) is 4.82. The van der Waals surface area contributed by atoms with Crippen LogP contribution in [0.2, 0.25) is 0 Å². The summed E-state index contributed by atoms with van der Waals surface area (Å²) in [5.41, 5.74) is -1.16. The number of hydrogen-bond acceptors (Lipinski definition) is 7. The summed E-state index contributed by atoms with van der Waals surface area (Å²) in [6, 6.07) is 0. The molecule has 0 amide bonds. The van der Waals surface area contributed by atoms with Crippen molar-refractivity contribution in [3.63, 3.8) is 0 Å². The van der Waals surface area contributed by atoms with E-state index in [1.54, 1.807) is 39.8 Å². The maximum atomic E-state index is 13.5. The maximum Gasteiger partial charge on any atom is 0.333 e. The number of aliphatic hydroxyl groups is 3. The SMILES string of the molecule is C/C=C(/C)C(=O)O[C@@H]1[C@H](OC(=O)/C(C)=C\C)C(C)(C)CC2C3=CCC4[C@@]5(C)CC[C@H](C)C(C)(C)C5CC[C@@]4(C)[C@]3(C)[C@@H](O)[C@@H](O)[C@]21CO. The molecular weight excluding hydrogens is 604 g/mol. The minimum absolute atomic E-state index is 0.0854. The molecule has 0 spiro atoms. The van der Waals surface area contributed by atoms with Crippen LogP contribution in [0.1, 0.15) is 122 Å². The lowest BCUT2D eigenvalue weighted by molar-refractivity contribution is -0.291. The fraction of sp³-hybridized carbons (Fsp3) is 0.805. The molecule has 0 heterocycles. The molecule has 0 radical (unpaired) electrons. The van der Waals surface area contributed by atoms with Gasteiger partial charge in [-0.05, 0) is 106 Å². The molecule has 270 valence electrons. The number of allylic oxidation sites excluding steroid dienone is 3. The zero-order chi connectivity index (χ0) is 36.0. The summed E-state index contributed by atoms with van der Waals surface area (Å²) in [5, 5.41) is 36.8. The molecule has 0 aromatic carbocycles. The van der Waals surface area contributed by atoms with Crippen molar-refractivity contribution in [1.29, 1.82) is 0 Å². The minimum atomic E-state index is -1.49. The van der Waals surface area contributed by atoms with E-state index in [2.05, 4.69) is 47.6 Å². The highest BCUT2D eigenvalue weighted by Crippen LogP contribution is 2.76. The Hall–Kier alpha value is -1.96. The average molecular weight is 669 g/mol. The lowest BCUT2D eigenvalue weighted by Gasteiger charge is -2.73. The van der Waals surface area contributed by atoms with Crippen molar-refractivity contribution in [1.82, 2.24) is 0 Å². The predicted octanol–water partition coefficient (Wildman–Crippen LogP) is 7.33. The Morgan fingerprint density at radius 2 is 1.42 bits per heavy atom. The topological polar surface area (TPSA) is 113 Å². The number of rotatable bonds is 5. The molecule has 0 bridgehead atoms. The van der Waals surface area contributed by atoms with Crippen LogP contribution < -0.4 is 0 Å². The van der Waals surface area contributed by atoms with Crippen molar-refractivity contribution in [2.75, 3.05) is 6.61 Å². The second kappa shape index (κ2) is 12.1. The van der Waals surface area contributed by atoms with Gasteiger partial charge < -0.3 is 24.8 Å². The number of esters is 2. The molecular formula is C41H64O7. The summed E-state index contributed by atoms with van der Waals surface area (Å²) in [5.74, 6) is -0.0390. The van der Waals surface area contributed by atoms with Crippen molar-refractivity contribution >= 4 is 11.9 Å². The van der Waals surface area contributed by atoms with Crippen LogP contribution in [0, 0.1) is 56.2 Å². The molecule has 4 fully saturated rings. The van der Waals surface area contributed by atoms with E-state index < -0.39 is 65.1 Å². The molecule has 0 aromatic rings. The van der Waals surface area contributed by atoms with Crippen LogP contribution in [0.25, 0.3) is 0 Å². The third-order valence-corrected chi connectivity index (χ3v) is 16.0. The van der Waals surface area contributed by atoms with Crippen LogP contribution in [-0.4, -0.2) is 58.3 Å². The summed E-state index contributed by atoms with van der Waals surface area (Å²) in [6.07, 6.45) is 6.48. The minimum Gasteiger partial charge on any atom is -0.454 e. The number of carbonyl (C=O) groups excluding carboxylic acids is 2. The molecule has 7 heteroatoms. The number of carbonyl (C=O) groups is 2. The van der Waals surface area contributed by atoms with Gasteiger partial charge >= 0.3 is 11.9 Å². The molecule has 48 heavy (non-hydrogen) atoms. The number of aliphatic hydroxyl groups excluding tert-OH is 3. The third-order valence-electron chi connectivity index (χ3n) is 16.0. The summed E-state index contributed by atoms with van der Waals surface area (Å²) < 4.78 is 12.5. The number of hydrogen-bond donors (Lipinski definition) is 3. The van der Waals surface area contributed by atoms with E-state index in [4.69, 9.17) is 9.47 Å². The normalized spacial score (nSPS) is 46.6. The first-order chi connectivity index (χ1) is 22.2. The first-order valence-electron chi connectivity index (χ1n) is 18.5. The first-order valence-corrected chi connectivity index (χ1v) is 18.5. The van der Waals surface area contributed by atoms with Gasteiger partial charge in [-0.1, -0.05) is 79.2 Å². The van der Waals surface area contributed by atoms with Crippen molar-refractivity contribution < 1.29 is 34.4 Å². The zero-order valence-corrected chi connectivity index (χ0v) is 31.8. The van der Waals surface area contributed by atoms with Crippen LogP contribution in [0.15, 0.2) is 34.9 Å². The van der Waals surface area contributed by atoms with E-state index in [1.807, 2.05) is 13.8 Å². The fourth-order valence-corrected chi connectivity index (χ4v) is 12.1. The lowest BCUT2D eigenvalue weighted by atomic mass is 9.32. The average Bonchev–Trinajstić information content (AvgIpc) is 3.03. The Balaban J connectivity index is 1.69. The van der Waals surface area contributed by atoms with Crippen molar-refractivity contribution in [2.24, 2.45) is 56.2 Å². The Morgan fingerprint density at radius 1 is 0.854 bits per heavy atom. The van der Waals surface area contributed by atoms with Crippen LogP contribution >= 0.6 is 0 Å².